The molecule has 0 bridgehead atoms. The van der Waals surface area contributed by atoms with E-state index in [1.165, 1.54) is 19.1 Å². The van der Waals surface area contributed by atoms with E-state index in [1.807, 2.05) is 12.1 Å². The number of hydrogen-bond donors (Lipinski definition) is 3. The molecule has 0 fully saturated rings. The van der Waals surface area contributed by atoms with E-state index < -0.39 is 11.1 Å². The standard InChI is InChI=1S/C24H30N6O5/c1-5-30-23(32)17-13-19(25)21(14-18(17)24(30)33)28-27-20-7-6-16(12-22(20)26-15(2)31)29(8-10-34-3)9-11-35-4/h6-7,12-14,25,27H,5,8-11H2,1-4H3,(H,26,31). The van der Waals surface area contributed by atoms with Crippen molar-refractivity contribution in [1.29, 1.82) is 5.41 Å². The monoisotopic (exact) mass is 482 g/mol. The van der Waals surface area contributed by atoms with Crippen molar-refractivity contribution in [1.82, 2.24) is 4.57 Å². The molecule has 11 nitrogen and oxygen atoms in total. The Labute approximate surface area is 202 Å². The number of hydrogen-bond acceptors (Lipinski definition) is 9. The Balaban J connectivity index is 2.00. The van der Waals surface area contributed by atoms with Gasteiger partial charge in [0.15, 0.2) is 0 Å². The van der Waals surface area contributed by atoms with Gasteiger partial charge in [0.1, 0.15) is 5.36 Å². The summed E-state index contributed by atoms with van der Waals surface area (Å²) in [6.45, 7) is 5.69. The van der Waals surface area contributed by atoms with Crippen LogP contribution in [0.3, 0.4) is 0 Å². The van der Waals surface area contributed by atoms with Gasteiger partial charge in [0.2, 0.25) is 5.91 Å². The molecule has 0 radical (unpaired) electrons. The molecule has 1 aromatic rings. The number of anilines is 3. The second-order valence-corrected chi connectivity index (χ2v) is 7.88. The number of benzene rings is 2. The maximum absolute atomic E-state index is 12.5. The Hall–Kier alpha value is -3.83. The lowest BCUT2D eigenvalue weighted by Crippen LogP contribution is -2.30. The average molecular weight is 483 g/mol. The van der Waals surface area contributed by atoms with Crippen LogP contribution in [-0.2, 0) is 20.8 Å². The van der Waals surface area contributed by atoms with Crippen molar-refractivity contribution in [3.05, 3.63) is 61.8 Å². The molecular weight excluding hydrogens is 452 g/mol. The molecule has 35 heavy (non-hydrogen) atoms. The van der Waals surface area contributed by atoms with Crippen LogP contribution in [0.1, 0.15) is 13.8 Å². The van der Waals surface area contributed by atoms with E-state index in [9.17, 15) is 14.4 Å². The van der Waals surface area contributed by atoms with Gasteiger partial charge >= 0.3 is 0 Å². The van der Waals surface area contributed by atoms with Crippen LogP contribution < -0.4 is 37.5 Å². The second-order valence-electron chi connectivity index (χ2n) is 7.88. The lowest BCUT2D eigenvalue weighted by Gasteiger charge is -2.25. The van der Waals surface area contributed by atoms with E-state index in [0.29, 0.717) is 37.7 Å². The van der Waals surface area contributed by atoms with Crippen LogP contribution in [0.2, 0.25) is 0 Å². The first-order valence-electron chi connectivity index (χ1n) is 11.2. The minimum atomic E-state index is -0.407. The highest BCUT2D eigenvalue weighted by Crippen LogP contribution is 2.28. The van der Waals surface area contributed by atoms with Gasteiger partial charge in [-0.15, -0.1) is 0 Å². The molecule has 3 N–H and O–H groups in total. The number of amides is 1. The Morgan fingerprint density at radius 1 is 1.03 bits per heavy atom. The third kappa shape index (κ3) is 5.81. The van der Waals surface area contributed by atoms with Gasteiger partial charge in [0.05, 0.1) is 41.1 Å². The zero-order valence-corrected chi connectivity index (χ0v) is 20.3. The van der Waals surface area contributed by atoms with Crippen LogP contribution in [-0.4, -0.2) is 51.0 Å². The fraction of sp³-hybridized carbons (Fsp3) is 0.375. The Morgan fingerprint density at radius 2 is 1.66 bits per heavy atom. The molecular formula is C24H30N6O5. The van der Waals surface area contributed by atoms with Crippen molar-refractivity contribution in [3.8, 4) is 11.1 Å². The molecule has 0 saturated carbocycles. The predicted octanol–water partition coefficient (Wildman–Crippen LogP) is 0.674. The van der Waals surface area contributed by atoms with Gasteiger partial charge in [0, 0.05) is 46.5 Å². The van der Waals surface area contributed by atoms with E-state index in [0.717, 1.165) is 10.3 Å². The van der Waals surface area contributed by atoms with E-state index in [1.54, 1.807) is 27.2 Å². The van der Waals surface area contributed by atoms with Crippen LogP contribution in [0.15, 0.2) is 45.0 Å². The topological polar surface area (TPSA) is 138 Å². The van der Waals surface area contributed by atoms with Gasteiger partial charge in [-0.05, 0) is 37.3 Å². The molecule has 1 aliphatic carbocycles. The van der Waals surface area contributed by atoms with Crippen molar-refractivity contribution in [2.75, 3.05) is 56.2 Å². The first-order chi connectivity index (χ1) is 16.8. The van der Waals surface area contributed by atoms with Gasteiger partial charge in [0.25, 0.3) is 11.1 Å². The average Bonchev–Trinajstić information content (AvgIpc) is 3.06. The molecule has 0 spiro atoms. The van der Waals surface area contributed by atoms with Crippen molar-refractivity contribution in [2.45, 2.75) is 20.4 Å². The van der Waals surface area contributed by atoms with Crippen LogP contribution in [0.5, 0.6) is 0 Å². The van der Waals surface area contributed by atoms with Gasteiger partial charge in [-0.3, -0.25) is 29.8 Å². The van der Waals surface area contributed by atoms with Gasteiger partial charge in [-0.25, -0.2) is 0 Å². The summed E-state index contributed by atoms with van der Waals surface area (Å²) < 4.78 is 11.5. The molecule has 11 heteroatoms. The highest BCUT2D eigenvalue weighted by atomic mass is 16.5. The molecule has 0 atom stereocenters. The largest absolute Gasteiger partial charge is 0.383 e. The Morgan fingerprint density at radius 3 is 2.23 bits per heavy atom. The van der Waals surface area contributed by atoms with Crippen molar-refractivity contribution in [3.63, 3.8) is 0 Å². The fourth-order valence-corrected chi connectivity index (χ4v) is 3.72. The third-order valence-electron chi connectivity index (χ3n) is 5.51. The Bertz CT molecular complexity index is 1360. The van der Waals surface area contributed by atoms with Crippen LogP contribution in [0.25, 0.3) is 11.1 Å². The van der Waals surface area contributed by atoms with Crippen LogP contribution in [0, 0.1) is 5.41 Å². The van der Waals surface area contributed by atoms with Gasteiger partial charge in [-0.2, -0.15) is 5.10 Å². The number of aromatic nitrogens is 1. The maximum atomic E-state index is 12.5. The first-order valence-corrected chi connectivity index (χ1v) is 11.2. The SMILES string of the molecule is CCn1c(=O)c2cc(=N)c(=NNc3ccc(N(CCOC)CCOC)cc3NC(C)=O)cc-2c1=O. The minimum absolute atomic E-state index is 0.00152. The molecule has 2 aliphatic rings. The summed E-state index contributed by atoms with van der Waals surface area (Å²) in [6, 6.07) is 8.24. The van der Waals surface area contributed by atoms with Crippen molar-refractivity contribution in [2.24, 2.45) is 5.10 Å². The molecule has 1 aromatic carbocycles. The lowest BCUT2D eigenvalue weighted by atomic mass is 10.1. The lowest BCUT2D eigenvalue weighted by molar-refractivity contribution is -0.114. The summed E-state index contributed by atoms with van der Waals surface area (Å²) in [7, 11) is 3.27. The predicted molar refractivity (Wildman–Crippen MR) is 133 cm³/mol. The maximum Gasteiger partial charge on any atom is 0.261 e. The molecule has 1 aliphatic heterocycles. The number of nitrogens with one attached hydrogen (secondary N) is 3. The highest BCUT2D eigenvalue weighted by Gasteiger charge is 2.18. The highest BCUT2D eigenvalue weighted by molar-refractivity contribution is 5.93. The molecule has 3 rings (SSSR count). The molecule has 186 valence electrons. The Kier molecular flexibility index (Phi) is 8.50. The van der Waals surface area contributed by atoms with Crippen molar-refractivity contribution < 1.29 is 14.3 Å². The summed E-state index contributed by atoms with van der Waals surface area (Å²) in [5, 5.41) is 15.5. The normalized spacial score (nSPS) is 11.7. The number of ether oxygens (including phenoxy) is 2. The van der Waals surface area contributed by atoms with E-state index >= 15 is 0 Å². The summed E-state index contributed by atoms with van der Waals surface area (Å²) in [6.07, 6.45) is 0. The van der Waals surface area contributed by atoms with E-state index in [4.69, 9.17) is 14.9 Å². The zero-order chi connectivity index (χ0) is 25.5. The molecule has 1 amide bonds. The number of nitrogens with zero attached hydrogens (tertiary/aromatic N) is 3. The smallest absolute Gasteiger partial charge is 0.261 e. The first kappa shape index (κ1) is 25.8. The number of rotatable bonds is 11. The summed E-state index contributed by atoms with van der Waals surface area (Å²) in [5.41, 5.74) is 4.35. The summed E-state index contributed by atoms with van der Waals surface area (Å²) in [4.78, 5) is 38.8. The minimum Gasteiger partial charge on any atom is -0.383 e. The molecule has 0 aromatic heterocycles. The summed E-state index contributed by atoms with van der Waals surface area (Å²) >= 11 is 0. The van der Waals surface area contributed by atoms with Crippen LogP contribution >= 0.6 is 0 Å². The van der Waals surface area contributed by atoms with Gasteiger partial charge < -0.3 is 19.7 Å². The molecule has 0 saturated heterocycles. The molecule has 0 unspecified atom stereocenters. The van der Waals surface area contributed by atoms with E-state index in [-0.39, 0.29) is 34.3 Å². The van der Waals surface area contributed by atoms with Crippen LogP contribution in [0.4, 0.5) is 17.1 Å². The zero-order valence-electron chi connectivity index (χ0n) is 20.3. The molecule has 1 heterocycles. The second kappa shape index (κ2) is 11.5. The number of carbonyl (C=O) groups is 1. The number of carbonyl (C=O) groups excluding carboxylic acids is 1. The number of fused-ring (bicyclic) bond motifs is 1. The number of methoxy groups -OCH3 is 2. The van der Waals surface area contributed by atoms with Crippen molar-refractivity contribution >= 4 is 23.0 Å². The fourth-order valence-electron chi connectivity index (χ4n) is 3.72. The van der Waals surface area contributed by atoms with Gasteiger partial charge in [-0.1, -0.05) is 0 Å². The summed E-state index contributed by atoms with van der Waals surface area (Å²) in [5.74, 6) is -0.256. The van der Waals surface area contributed by atoms with E-state index in [2.05, 4.69) is 20.7 Å². The third-order valence-corrected chi connectivity index (χ3v) is 5.51. The quantitative estimate of drug-likeness (QED) is 0.342.